The Balaban J connectivity index is 1.81. The summed E-state index contributed by atoms with van der Waals surface area (Å²) in [5.41, 5.74) is 7.80. The fourth-order valence-corrected chi connectivity index (χ4v) is 4.19. The van der Waals surface area contributed by atoms with Gasteiger partial charge in [-0.25, -0.2) is 4.39 Å². The lowest BCUT2D eigenvalue weighted by Gasteiger charge is -2.43. The maximum atomic E-state index is 14.2. The maximum absolute atomic E-state index is 14.2. The van der Waals surface area contributed by atoms with Crippen LogP contribution in [0.5, 0.6) is 0 Å². The van der Waals surface area contributed by atoms with Gasteiger partial charge in [-0.1, -0.05) is 25.3 Å². The predicted molar refractivity (Wildman–Crippen MR) is 86.0 cm³/mol. The second-order valence-corrected chi connectivity index (χ2v) is 6.96. The number of benzene rings is 1. The van der Waals surface area contributed by atoms with Crippen LogP contribution in [-0.4, -0.2) is 19.1 Å². The minimum atomic E-state index is -0.101. The molecule has 1 saturated heterocycles. The van der Waals surface area contributed by atoms with E-state index in [9.17, 15) is 4.39 Å². The highest BCUT2D eigenvalue weighted by Crippen LogP contribution is 2.38. The van der Waals surface area contributed by atoms with E-state index in [-0.39, 0.29) is 11.9 Å². The molecule has 3 heteroatoms. The first-order valence-electron chi connectivity index (χ1n) is 8.43. The Kier molecular flexibility index (Phi) is 4.48. The van der Waals surface area contributed by atoms with Gasteiger partial charge < -0.3 is 10.6 Å². The van der Waals surface area contributed by atoms with Gasteiger partial charge in [0.15, 0.2) is 0 Å². The third-order valence-electron chi connectivity index (χ3n) is 5.25. The Hall–Kier alpha value is -1.09. The van der Waals surface area contributed by atoms with Gasteiger partial charge in [0.2, 0.25) is 0 Å². The third kappa shape index (κ3) is 3.23. The molecule has 3 unspecified atom stereocenters. The van der Waals surface area contributed by atoms with Gasteiger partial charge in [0, 0.05) is 30.4 Å². The van der Waals surface area contributed by atoms with Crippen molar-refractivity contribution >= 4 is 5.69 Å². The summed E-state index contributed by atoms with van der Waals surface area (Å²) in [7, 11) is 0. The van der Waals surface area contributed by atoms with Crippen LogP contribution in [0.2, 0.25) is 0 Å². The molecule has 1 heterocycles. The molecular weight excluding hydrogens is 263 g/mol. The summed E-state index contributed by atoms with van der Waals surface area (Å²) >= 11 is 0. The number of nitrogens with two attached hydrogens (primary N) is 1. The Morgan fingerprint density at radius 1 is 1.24 bits per heavy atom. The average molecular weight is 290 g/mol. The van der Waals surface area contributed by atoms with E-state index < -0.39 is 0 Å². The van der Waals surface area contributed by atoms with E-state index >= 15 is 0 Å². The number of hydrogen-bond donors (Lipinski definition) is 1. The smallest absolute Gasteiger partial charge is 0.128 e. The summed E-state index contributed by atoms with van der Waals surface area (Å²) in [4.78, 5) is 2.41. The average Bonchev–Trinajstić information content (AvgIpc) is 2.48. The van der Waals surface area contributed by atoms with Crippen LogP contribution in [0.25, 0.3) is 0 Å². The molecule has 21 heavy (non-hydrogen) atoms. The fourth-order valence-electron chi connectivity index (χ4n) is 4.19. The zero-order chi connectivity index (χ0) is 14.8. The zero-order valence-electron chi connectivity index (χ0n) is 13.0. The number of anilines is 1. The van der Waals surface area contributed by atoms with Crippen molar-refractivity contribution in [3.05, 3.63) is 29.6 Å². The molecule has 0 radical (unpaired) electrons. The molecular formula is C18H27FN2. The van der Waals surface area contributed by atoms with Crippen LogP contribution in [-0.2, 0) is 6.42 Å². The standard InChI is InChI=1S/C18H27FN2/c1-13(20)11-16-17(19)7-4-8-18(16)21-10-9-14-5-2-3-6-15(14)12-21/h4,7-8,13-15H,2-3,5-6,9-12,20H2,1H3. The van der Waals surface area contributed by atoms with Gasteiger partial charge in [0.1, 0.15) is 5.82 Å². The summed E-state index contributed by atoms with van der Waals surface area (Å²) < 4.78 is 14.2. The third-order valence-corrected chi connectivity index (χ3v) is 5.25. The SMILES string of the molecule is CC(N)Cc1c(F)cccc1N1CCC2CCCCC2C1. The number of nitrogens with zero attached hydrogens (tertiary/aromatic N) is 1. The topological polar surface area (TPSA) is 29.3 Å². The molecule has 0 bridgehead atoms. The number of halogens is 1. The normalized spacial score (nSPS) is 27.3. The van der Waals surface area contributed by atoms with Crippen LogP contribution in [0.15, 0.2) is 18.2 Å². The predicted octanol–water partition coefficient (Wildman–Crippen LogP) is 3.73. The van der Waals surface area contributed by atoms with Gasteiger partial charge in [-0.3, -0.25) is 0 Å². The van der Waals surface area contributed by atoms with E-state index in [4.69, 9.17) is 5.73 Å². The van der Waals surface area contributed by atoms with Crippen LogP contribution >= 0.6 is 0 Å². The van der Waals surface area contributed by atoms with Crippen molar-refractivity contribution in [2.24, 2.45) is 17.6 Å². The molecule has 2 N–H and O–H groups in total. The van der Waals surface area contributed by atoms with Crippen molar-refractivity contribution in [1.29, 1.82) is 0 Å². The molecule has 1 aliphatic carbocycles. The summed E-state index contributed by atoms with van der Waals surface area (Å²) in [5, 5.41) is 0. The van der Waals surface area contributed by atoms with Gasteiger partial charge in [0.05, 0.1) is 0 Å². The second kappa shape index (κ2) is 6.35. The lowest BCUT2D eigenvalue weighted by atomic mass is 9.75. The molecule has 1 aromatic rings. The summed E-state index contributed by atoms with van der Waals surface area (Å²) in [6.07, 6.45) is 7.39. The largest absolute Gasteiger partial charge is 0.371 e. The highest BCUT2D eigenvalue weighted by molar-refractivity contribution is 5.55. The van der Waals surface area contributed by atoms with Crippen molar-refractivity contribution in [3.63, 3.8) is 0 Å². The summed E-state index contributed by atoms with van der Waals surface area (Å²) in [6.45, 7) is 4.11. The van der Waals surface area contributed by atoms with E-state index in [0.29, 0.717) is 6.42 Å². The fraction of sp³-hybridized carbons (Fsp3) is 0.667. The van der Waals surface area contributed by atoms with Crippen molar-refractivity contribution in [2.45, 2.75) is 51.5 Å². The molecule has 0 spiro atoms. The number of fused-ring (bicyclic) bond motifs is 1. The first kappa shape index (κ1) is 14.8. The van der Waals surface area contributed by atoms with Crippen LogP contribution in [0.1, 0.15) is 44.6 Å². The van der Waals surface area contributed by atoms with E-state index in [0.717, 1.165) is 36.2 Å². The quantitative estimate of drug-likeness (QED) is 0.919. The molecule has 2 fully saturated rings. The number of piperidine rings is 1. The highest BCUT2D eigenvalue weighted by Gasteiger charge is 2.32. The summed E-state index contributed by atoms with van der Waals surface area (Å²) in [5.74, 6) is 1.61. The van der Waals surface area contributed by atoms with Gasteiger partial charge in [-0.2, -0.15) is 0 Å². The Morgan fingerprint density at radius 2 is 2.00 bits per heavy atom. The first-order chi connectivity index (χ1) is 10.1. The first-order valence-corrected chi connectivity index (χ1v) is 8.43. The van der Waals surface area contributed by atoms with Gasteiger partial charge in [0.25, 0.3) is 0 Å². The van der Waals surface area contributed by atoms with Gasteiger partial charge in [-0.15, -0.1) is 0 Å². The molecule has 1 aromatic carbocycles. The molecule has 2 aliphatic rings. The van der Waals surface area contributed by atoms with Crippen LogP contribution in [0.4, 0.5) is 10.1 Å². The van der Waals surface area contributed by atoms with Gasteiger partial charge >= 0.3 is 0 Å². The molecule has 3 rings (SSSR count). The maximum Gasteiger partial charge on any atom is 0.128 e. The Bertz CT molecular complexity index is 486. The lowest BCUT2D eigenvalue weighted by Crippen LogP contribution is -2.42. The molecule has 1 saturated carbocycles. The zero-order valence-corrected chi connectivity index (χ0v) is 13.0. The van der Waals surface area contributed by atoms with E-state index in [1.165, 1.54) is 32.1 Å². The van der Waals surface area contributed by atoms with E-state index in [2.05, 4.69) is 11.0 Å². The van der Waals surface area contributed by atoms with Crippen molar-refractivity contribution in [3.8, 4) is 0 Å². The molecule has 0 aromatic heterocycles. The minimum absolute atomic E-state index is 0.00660. The number of hydrogen-bond acceptors (Lipinski definition) is 2. The Morgan fingerprint density at radius 3 is 2.76 bits per heavy atom. The van der Waals surface area contributed by atoms with Crippen molar-refractivity contribution in [2.75, 3.05) is 18.0 Å². The van der Waals surface area contributed by atoms with Crippen molar-refractivity contribution in [1.82, 2.24) is 0 Å². The lowest BCUT2D eigenvalue weighted by molar-refractivity contribution is 0.202. The minimum Gasteiger partial charge on any atom is -0.371 e. The second-order valence-electron chi connectivity index (χ2n) is 6.96. The monoisotopic (exact) mass is 290 g/mol. The summed E-state index contributed by atoms with van der Waals surface area (Å²) in [6, 6.07) is 5.47. The van der Waals surface area contributed by atoms with E-state index in [1.54, 1.807) is 6.07 Å². The molecule has 116 valence electrons. The van der Waals surface area contributed by atoms with Crippen LogP contribution in [0, 0.1) is 17.7 Å². The van der Waals surface area contributed by atoms with Crippen LogP contribution < -0.4 is 10.6 Å². The molecule has 3 atom stereocenters. The number of rotatable bonds is 3. The molecule has 0 amide bonds. The van der Waals surface area contributed by atoms with Crippen molar-refractivity contribution < 1.29 is 4.39 Å². The molecule has 2 nitrogen and oxygen atoms in total. The van der Waals surface area contributed by atoms with Gasteiger partial charge in [-0.05, 0) is 50.2 Å². The Labute approximate surface area is 127 Å². The molecule has 1 aliphatic heterocycles. The van der Waals surface area contributed by atoms with Crippen LogP contribution in [0.3, 0.4) is 0 Å². The highest BCUT2D eigenvalue weighted by atomic mass is 19.1. The van der Waals surface area contributed by atoms with E-state index in [1.807, 2.05) is 13.0 Å².